The van der Waals surface area contributed by atoms with Gasteiger partial charge in [0.1, 0.15) is 0 Å². The molecule has 0 spiro atoms. The summed E-state index contributed by atoms with van der Waals surface area (Å²) in [5.41, 5.74) is 3.57. The molecule has 1 amide bonds. The SMILES string of the molecule is O=C(c1ccc2ncsc2c1)N1CCS[C@@H](c2cccs2)CC1. The van der Waals surface area contributed by atoms with Gasteiger partial charge in [0.15, 0.2) is 0 Å². The predicted octanol–water partition coefficient (Wildman–Crippen LogP) is 4.68. The number of carbonyl (C=O) groups is 1. The van der Waals surface area contributed by atoms with Gasteiger partial charge in [0.05, 0.1) is 15.7 Å². The van der Waals surface area contributed by atoms with Crippen molar-refractivity contribution in [3.05, 3.63) is 51.7 Å². The van der Waals surface area contributed by atoms with Crippen LogP contribution in [0.1, 0.15) is 26.9 Å². The van der Waals surface area contributed by atoms with Crippen LogP contribution >= 0.6 is 34.4 Å². The summed E-state index contributed by atoms with van der Waals surface area (Å²) in [5.74, 6) is 1.14. The molecule has 1 aliphatic heterocycles. The highest BCUT2D eigenvalue weighted by Crippen LogP contribution is 2.37. The summed E-state index contributed by atoms with van der Waals surface area (Å²) in [5, 5.41) is 2.66. The van der Waals surface area contributed by atoms with E-state index in [2.05, 4.69) is 22.5 Å². The molecule has 0 bridgehead atoms. The Morgan fingerprint density at radius 2 is 2.17 bits per heavy atom. The number of hydrogen-bond acceptors (Lipinski definition) is 5. The molecular formula is C17H16N2OS3. The van der Waals surface area contributed by atoms with Gasteiger partial charge in [-0.3, -0.25) is 4.79 Å². The monoisotopic (exact) mass is 360 g/mol. The van der Waals surface area contributed by atoms with E-state index in [4.69, 9.17) is 0 Å². The number of benzene rings is 1. The van der Waals surface area contributed by atoms with Crippen LogP contribution < -0.4 is 0 Å². The molecule has 4 rings (SSSR count). The average molecular weight is 361 g/mol. The molecule has 0 saturated carbocycles. The number of thiazole rings is 1. The van der Waals surface area contributed by atoms with Gasteiger partial charge in [-0.25, -0.2) is 4.98 Å². The zero-order valence-electron chi connectivity index (χ0n) is 12.5. The number of nitrogens with zero attached hydrogens (tertiary/aromatic N) is 2. The average Bonchev–Trinajstić information content (AvgIpc) is 3.21. The Bertz CT molecular complexity index is 812. The minimum atomic E-state index is 0.146. The Morgan fingerprint density at radius 3 is 3.04 bits per heavy atom. The number of fused-ring (bicyclic) bond motifs is 1. The fourth-order valence-corrected chi connectivity index (χ4v) is 5.80. The highest BCUT2D eigenvalue weighted by atomic mass is 32.2. The first-order valence-corrected chi connectivity index (χ1v) is 10.4. The highest BCUT2D eigenvalue weighted by Gasteiger charge is 2.23. The van der Waals surface area contributed by atoms with Gasteiger partial charge in [-0.1, -0.05) is 6.07 Å². The number of rotatable bonds is 2. The Kier molecular flexibility index (Phi) is 4.37. The minimum Gasteiger partial charge on any atom is -0.338 e. The zero-order valence-corrected chi connectivity index (χ0v) is 14.9. The van der Waals surface area contributed by atoms with Gasteiger partial charge in [-0.15, -0.1) is 22.7 Å². The van der Waals surface area contributed by atoms with Crippen LogP contribution in [0.25, 0.3) is 10.2 Å². The predicted molar refractivity (Wildman–Crippen MR) is 99.7 cm³/mol. The topological polar surface area (TPSA) is 33.2 Å². The first kappa shape index (κ1) is 15.2. The molecule has 2 aromatic heterocycles. The smallest absolute Gasteiger partial charge is 0.253 e. The second-order valence-corrected chi connectivity index (χ2v) is 8.67. The molecule has 3 heterocycles. The summed E-state index contributed by atoms with van der Waals surface area (Å²) < 4.78 is 1.08. The van der Waals surface area contributed by atoms with E-state index in [1.54, 1.807) is 11.3 Å². The van der Waals surface area contributed by atoms with E-state index in [-0.39, 0.29) is 5.91 Å². The fourth-order valence-electron chi connectivity index (χ4n) is 2.85. The van der Waals surface area contributed by atoms with Gasteiger partial charge in [-0.2, -0.15) is 11.8 Å². The van der Waals surface area contributed by atoms with Gasteiger partial charge < -0.3 is 4.90 Å². The molecule has 118 valence electrons. The number of hydrogen-bond donors (Lipinski definition) is 0. The molecule has 23 heavy (non-hydrogen) atoms. The van der Waals surface area contributed by atoms with Crippen LogP contribution in [0.3, 0.4) is 0 Å². The summed E-state index contributed by atoms with van der Waals surface area (Å²) in [6, 6.07) is 10.1. The lowest BCUT2D eigenvalue weighted by atomic mass is 10.1. The van der Waals surface area contributed by atoms with Crippen LogP contribution in [0.4, 0.5) is 0 Å². The van der Waals surface area contributed by atoms with Gasteiger partial charge in [-0.05, 0) is 36.1 Å². The number of thiophene rings is 1. The maximum Gasteiger partial charge on any atom is 0.253 e. The second kappa shape index (κ2) is 6.63. The molecule has 1 saturated heterocycles. The van der Waals surface area contributed by atoms with Gasteiger partial charge >= 0.3 is 0 Å². The van der Waals surface area contributed by atoms with E-state index >= 15 is 0 Å². The highest BCUT2D eigenvalue weighted by molar-refractivity contribution is 7.99. The van der Waals surface area contributed by atoms with Crippen LogP contribution in [-0.2, 0) is 0 Å². The van der Waals surface area contributed by atoms with Gasteiger partial charge in [0.2, 0.25) is 0 Å². The van der Waals surface area contributed by atoms with Crippen molar-refractivity contribution >= 4 is 50.6 Å². The number of carbonyl (C=O) groups excluding carboxylic acids is 1. The third-order valence-corrected chi connectivity index (χ3v) is 7.30. The van der Waals surface area contributed by atoms with Crippen molar-refractivity contribution in [3.8, 4) is 0 Å². The summed E-state index contributed by atoms with van der Waals surface area (Å²) >= 11 is 5.37. The molecule has 1 aromatic carbocycles. The van der Waals surface area contributed by atoms with Gasteiger partial charge in [0.25, 0.3) is 5.91 Å². The van der Waals surface area contributed by atoms with E-state index in [0.29, 0.717) is 5.25 Å². The quantitative estimate of drug-likeness (QED) is 0.665. The largest absolute Gasteiger partial charge is 0.338 e. The van der Waals surface area contributed by atoms with Crippen LogP contribution in [0.2, 0.25) is 0 Å². The van der Waals surface area contributed by atoms with E-state index < -0.39 is 0 Å². The van der Waals surface area contributed by atoms with E-state index in [0.717, 1.165) is 41.0 Å². The standard InChI is InChI=1S/C17H16N2OS3/c20-17(12-3-4-13-16(10-12)23-11-18-13)19-6-5-15(22-9-7-19)14-2-1-8-21-14/h1-4,8,10-11,15H,5-7,9H2/t15-/m1/s1. The van der Waals surface area contributed by atoms with Crippen molar-refractivity contribution in [2.75, 3.05) is 18.8 Å². The van der Waals surface area contributed by atoms with E-state index in [1.165, 1.54) is 4.88 Å². The van der Waals surface area contributed by atoms with Crippen LogP contribution in [-0.4, -0.2) is 34.6 Å². The molecule has 0 radical (unpaired) electrons. The van der Waals surface area contributed by atoms with Crippen molar-refractivity contribution in [2.24, 2.45) is 0 Å². The van der Waals surface area contributed by atoms with Crippen molar-refractivity contribution in [2.45, 2.75) is 11.7 Å². The maximum absolute atomic E-state index is 12.8. The minimum absolute atomic E-state index is 0.146. The summed E-state index contributed by atoms with van der Waals surface area (Å²) in [4.78, 5) is 20.5. The number of amides is 1. The van der Waals surface area contributed by atoms with Crippen molar-refractivity contribution in [1.82, 2.24) is 9.88 Å². The Hall–Kier alpha value is -1.37. The van der Waals surface area contributed by atoms with E-state index in [9.17, 15) is 4.79 Å². The van der Waals surface area contributed by atoms with E-state index in [1.807, 2.05) is 51.7 Å². The van der Waals surface area contributed by atoms with Crippen LogP contribution in [0.5, 0.6) is 0 Å². The lowest BCUT2D eigenvalue weighted by molar-refractivity contribution is 0.0767. The second-order valence-electron chi connectivity index (χ2n) is 5.49. The molecule has 3 nitrogen and oxygen atoms in total. The molecule has 1 aliphatic rings. The van der Waals surface area contributed by atoms with Crippen LogP contribution in [0, 0.1) is 0 Å². The Morgan fingerprint density at radius 1 is 1.22 bits per heavy atom. The number of thioether (sulfide) groups is 1. The first-order valence-electron chi connectivity index (χ1n) is 7.59. The van der Waals surface area contributed by atoms with Crippen molar-refractivity contribution in [1.29, 1.82) is 0 Å². The van der Waals surface area contributed by atoms with Crippen molar-refractivity contribution in [3.63, 3.8) is 0 Å². The summed E-state index contributed by atoms with van der Waals surface area (Å²) in [6.07, 6.45) is 1.03. The lowest BCUT2D eigenvalue weighted by Crippen LogP contribution is -2.32. The first-order chi connectivity index (χ1) is 11.3. The summed E-state index contributed by atoms with van der Waals surface area (Å²) in [7, 11) is 0. The maximum atomic E-state index is 12.8. The van der Waals surface area contributed by atoms with Crippen molar-refractivity contribution < 1.29 is 4.79 Å². The third kappa shape index (κ3) is 3.16. The Balaban J connectivity index is 1.50. The van der Waals surface area contributed by atoms with Gasteiger partial charge in [0, 0.05) is 34.5 Å². The zero-order chi connectivity index (χ0) is 15.6. The molecule has 3 aromatic rings. The third-order valence-electron chi connectivity index (χ3n) is 4.07. The molecule has 1 atom stereocenters. The van der Waals surface area contributed by atoms with Crippen LogP contribution in [0.15, 0.2) is 41.2 Å². The number of aromatic nitrogens is 1. The molecular weight excluding hydrogens is 344 g/mol. The lowest BCUT2D eigenvalue weighted by Gasteiger charge is -2.20. The molecule has 0 N–H and O–H groups in total. The fraction of sp³-hybridized carbons (Fsp3) is 0.294. The normalized spacial score (nSPS) is 19.0. The molecule has 0 unspecified atom stereocenters. The molecule has 6 heteroatoms. The molecule has 1 fully saturated rings. The summed E-state index contributed by atoms with van der Waals surface area (Å²) in [6.45, 7) is 1.65. The molecule has 0 aliphatic carbocycles. The Labute approximate surface area is 147 Å².